The number of benzene rings is 1. The molecule has 2 aromatic heterocycles. The standard InChI is InChI=1S/C25H28N4O3S/c1-30-17-10-11-20(22(15-17)31-2)29-24(23(27-25(29)33)19-8-3-4-12-26-19)21-9-5-13-28(21)16-18-7-6-14-32-18/h3-5,8-13,15,18,23-24H,6-7,14,16H2,1-2H3,(H,27,33)/t18-,23-,24-/m0/s1. The van der Waals surface area contributed by atoms with Gasteiger partial charge in [0.25, 0.3) is 0 Å². The molecule has 8 heteroatoms. The third kappa shape index (κ3) is 4.16. The van der Waals surface area contributed by atoms with E-state index in [-0.39, 0.29) is 18.2 Å². The minimum Gasteiger partial charge on any atom is -0.497 e. The van der Waals surface area contributed by atoms with Crippen molar-refractivity contribution in [3.05, 3.63) is 72.3 Å². The SMILES string of the molecule is COc1ccc(N2C(=S)N[C@@H](c3ccccn3)[C@@H]2c2cccn2C[C@@H]2CCCO2)c(OC)c1. The molecule has 3 atom stereocenters. The normalized spacial score (nSPS) is 22.4. The third-order valence-corrected chi connectivity index (χ3v) is 6.65. The summed E-state index contributed by atoms with van der Waals surface area (Å²) in [6, 6.07) is 15.8. The molecule has 2 fully saturated rings. The monoisotopic (exact) mass is 464 g/mol. The van der Waals surface area contributed by atoms with E-state index in [4.69, 9.17) is 26.4 Å². The van der Waals surface area contributed by atoms with E-state index >= 15 is 0 Å². The van der Waals surface area contributed by atoms with Crippen LogP contribution in [0.5, 0.6) is 11.5 Å². The molecule has 172 valence electrons. The summed E-state index contributed by atoms with van der Waals surface area (Å²) in [6.45, 7) is 1.65. The van der Waals surface area contributed by atoms with Crippen LogP contribution in [0.4, 0.5) is 5.69 Å². The van der Waals surface area contributed by atoms with Crippen molar-refractivity contribution in [2.24, 2.45) is 0 Å². The average molecular weight is 465 g/mol. The van der Waals surface area contributed by atoms with Gasteiger partial charge in [0.15, 0.2) is 5.11 Å². The Balaban J connectivity index is 1.60. The van der Waals surface area contributed by atoms with Crippen LogP contribution in [0.25, 0.3) is 0 Å². The largest absolute Gasteiger partial charge is 0.497 e. The summed E-state index contributed by atoms with van der Waals surface area (Å²) in [4.78, 5) is 6.79. The quantitative estimate of drug-likeness (QED) is 0.525. The molecule has 5 rings (SSSR count). The van der Waals surface area contributed by atoms with Gasteiger partial charge < -0.3 is 29.0 Å². The number of ether oxygens (including phenoxy) is 3. The molecule has 2 aliphatic heterocycles. The van der Waals surface area contributed by atoms with E-state index < -0.39 is 0 Å². The number of methoxy groups -OCH3 is 2. The van der Waals surface area contributed by atoms with Crippen LogP contribution in [0.2, 0.25) is 0 Å². The first kappa shape index (κ1) is 21.7. The van der Waals surface area contributed by atoms with Gasteiger partial charge in [-0.25, -0.2) is 0 Å². The van der Waals surface area contributed by atoms with Crippen molar-refractivity contribution in [3.63, 3.8) is 0 Å². The number of pyridine rings is 1. The molecular weight excluding hydrogens is 436 g/mol. The molecule has 0 bridgehead atoms. The van der Waals surface area contributed by atoms with Crippen LogP contribution in [-0.4, -0.2) is 41.6 Å². The Labute approximate surface area is 199 Å². The Hall–Kier alpha value is -3.10. The van der Waals surface area contributed by atoms with E-state index in [2.05, 4.69) is 38.1 Å². The highest BCUT2D eigenvalue weighted by molar-refractivity contribution is 7.80. The molecule has 1 N–H and O–H groups in total. The highest BCUT2D eigenvalue weighted by Crippen LogP contribution is 2.45. The van der Waals surface area contributed by atoms with Gasteiger partial charge in [-0.1, -0.05) is 6.07 Å². The van der Waals surface area contributed by atoms with Crippen LogP contribution in [0.15, 0.2) is 60.9 Å². The van der Waals surface area contributed by atoms with Gasteiger partial charge >= 0.3 is 0 Å². The summed E-state index contributed by atoms with van der Waals surface area (Å²) in [7, 11) is 3.31. The summed E-state index contributed by atoms with van der Waals surface area (Å²) in [6.07, 6.45) is 6.37. The lowest BCUT2D eigenvalue weighted by Gasteiger charge is -2.30. The maximum absolute atomic E-state index is 5.93. The topological polar surface area (TPSA) is 60.8 Å². The van der Waals surface area contributed by atoms with E-state index in [9.17, 15) is 0 Å². The number of hydrogen-bond acceptors (Lipinski definition) is 5. The summed E-state index contributed by atoms with van der Waals surface area (Å²) in [5.41, 5.74) is 2.96. The van der Waals surface area contributed by atoms with Crippen LogP contribution in [0.1, 0.15) is 36.3 Å². The van der Waals surface area contributed by atoms with Crippen LogP contribution in [0, 0.1) is 0 Å². The van der Waals surface area contributed by atoms with E-state index in [0.717, 1.165) is 48.8 Å². The first-order chi connectivity index (χ1) is 16.2. The van der Waals surface area contributed by atoms with Gasteiger partial charge in [-0.15, -0.1) is 0 Å². The summed E-state index contributed by atoms with van der Waals surface area (Å²) in [5.74, 6) is 1.43. The summed E-state index contributed by atoms with van der Waals surface area (Å²) >= 11 is 5.87. The van der Waals surface area contributed by atoms with Crippen molar-refractivity contribution in [2.45, 2.75) is 37.6 Å². The predicted octanol–water partition coefficient (Wildman–Crippen LogP) is 4.26. The van der Waals surface area contributed by atoms with E-state index in [1.165, 1.54) is 0 Å². The van der Waals surface area contributed by atoms with E-state index in [1.807, 2.05) is 42.6 Å². The summed E-state index contributed by atoms with van der Waals surface area (Å²) < 4.78 is 19.4. The molecule has 0 unspecified atom stereocenters. The molecule has 2 saturated heterocycles. The molecule has 4 heterocycles. The molecule has 1 aromatic carbocycles. The zero-order valence-electron chi connectivity index (χ0n) is 18.8. The Morgan fingerprint density at radius 1 is 1.15 bits per heavy atom. The molecule has 33 heavy (non-hydrogen) atoms. The van der Waals surface area contributed by atoms with Crippen molar-refractivity contribution >= 4 is 23.0 Å². The molecular formula is C25H28N4O3S. The Morgan fingerprint density at radius 2 is 2.06 bits per heavy atom. The number of nitrogens with zero attached hydrogens (tertiary/aromatic N) is 3. The highest BCUT2D eigenvalue weighted by Gasteiger charge is 2.43. The van der Waals surface area contributed by atoms with E-state index in [0.29, 0.717) is 10.9 Å². The first-order valence-corrected chi connectivity index (χ1v) is 11.6. The fourth-order valence-electron chi connectivity index (χ4n) is 4.77. The van der Waals surface area contributed by atoms with Gasteiger partial charge in [0.1, 0.15) is 17.5 Å². The van der Waals surface area contributed by atoms with Crippen molar-refractivity contribution < 1.29 is 14.2 Å². The molecule has 7 nitrogen and oxygen atoms in total. The Bertz CT molecular complexity index is 1110. The van der Waals surface area contributed by atoms with Gasteiger partial charge in [0.2, 0.25) is 0 Å². The van der Waals surface area contributed by atoms with E-state index in [1.54, 1.807) is 14.2 Å². The van der Waals surface area contributed by atoms with Crippen molar-refractivity contribution in [1.82, 2.24) is 14.9 Å². The minimum atomic E-state index is -0.122. The molecule has 2 aliphatic rings. The van der Waals surface area contributed by atoms with Gasteiger partial charge in [-0.05, 0) is 61.5 Å². The predicted molar refractivity (Wildman–Crippen MR) is 131 cm³/mol. The molecule has 0 aliphatic carbocycles. The maximum Gasteiger partial charge on any atom is 0.174 e. The van der Waals surface area contributed by atoms with Crippen molar-refractivity contribution in [2.75, 3.05) is 25.7 Å². The van der Waals surface area contributed by atoms with Crippen LogP contribution < -0.4 is 19.7 Å². The van der Waals surface area contributed by atoms with Gasteiger partial charge in [0, 0.05) is 37.3 Å². The Morgan fingerprint density at radius 3 is 2.79 bits per heavy atom. The van der Waals surface area contributed by atoms with Crippen LogP contribution >= 0.6 is 12.2 Å². The van der Waals surface area contributed by atoms with Crippen molar-refractivity contribution in [1.29, 1.82) is 0 Å². The number of anilines is 1. The molecule has 0 radical (unpaired) electrons. The zero-order chi connectivity index (χ0) is 22.8. The lowest BCUT2D eigenvalue weighted by molar-refractivity contribution is 0.0961. The van der Waals surface area contributed by atoms with Crippen molar-refractivity contribution in [3.8, 4) is 11.5 Å². The fraction of sp³-hybridized carbons (Fsp3) is 0.360. The minimum absolute atomic E-state index is 0.119. The van der Waals surface area contributed by atoms with Gasteiger partial charge in [-0.3, -0.25) is 4.98 Å². The second-order valence-corrected chi connectivity index (χ2v) is 8.64. The Kier molecular flexibility index (Phi) is 6.20. The zero-order valence-corrected chi connectivity index (χ0v) is 19.6. The highest BCUT2D eigenvalue weighted by atomic mass is 32.1. The number of nitrogens with one attached hydrogen (secondary N) is 1. The van der Waals surface area contributed by atoms with Gasteiger partial charge in [-0.2, -0.15) is 0 Å². The molecule has 0 spiro atoms. The maximum atomic E-state index is 5.93. The fourth-order valence-corrected chi connectivity index (χ4v) is 5.11. The molecule has 0 amide bonds. The van der Waals surface area contributed by atoms with Gasteiger partial charge in [0.05, 0.1) is 37.7 Å². The second kappa shape index (κ2) is 9.41. The number of thiocarbonyl (C=S) groups is 1. The first-order valence-electron chi connectivity index (χ1n) is 11.2. The lowest BCUT2D eigenvalue weighted by atomic mass is 10.0. The van der Waals surface area contributed by atoms with Crippen LogP contribution in [0.3, 0.4) is 0 Å². The number of rotatable bonds is 7. The number of hydrogen-bond donors (Lipinski definition) is 1. The molecule has 3 aromatic rings. The second-order valence-electron chi connectivity index (χ2n) is 8.25. The average Bonchev–Trinajstić information content (AvgIpc) is 3.60. The molecule has 0 saturated carbocycles. The lowest BCUT2D eigenvalue weighted by Crippen LogP contribution is -2.31. The number of aromatic nitrogens is 2. The summed E-state index contributed by atoms with van der Waals surface area (Å²) in [5, 5.41) is 4.15. The third-order valence-electron chi connectivity index (χ3n) is 6.34. The smallest absolute Gasteiger partial charge is 0.174 e. The van der Waals surface area contributed by atoms with Crippen LogP contribution in [-0.2, 0) is 11.3 Å².